The lowest BCUT2D eigenvalue weighted by atomic mass is 10.0. The Hall–Kier alpha value is -0.250. The number of nitrogens with zero attached hydrogens (tertiary/aromatic N) is 1. The van der Waals surface area contributed by atoms with Crippen LogP contribution in [0.4, 0.5) is 13.2 Å². The number of rotatable bonds is 0. The van der Waals surface area contributed by atoms with Crippen molar-refractivity contribution in [3.05, 3.63) is 6.54 Å². The SMILES string of the molecule is CN1[CH]CCCC1C(F)(F)F. The molecule has 0 aromatic rings. The average molecular weight is 166 g/mol. The van der Waals surface area contributed by atoms with Crippen LogP contribution in [0.1, 0.15) is 19.3 Å². The largest absolute Gasteiger partial charge is 0.404 e. The van der Waals surface area contributed by atoms with E-state index >= 15 is 0 Å². The predicted molar refractivity (Wildman–Crippen MR) is 35.8 cm³/mol. The highest BCUT2D eigenvalue weighted by Gasteiger charge is 2.42. The molecule has 65 valence electrons. The summed E-state index contributed by atoms with van der Waals surface area (Å²) in [6.07, 6.45) is -2.42. The average Bonchev–Trinajstić information content (AvgIpc) is 1.86. The van der Waals surface area contributed by atoms with Crippen LogP contribution in [-0.4, -0.2) is 24.2 Å². The Labute approximate surface area is 64.2 Å². The molecule has 0 spiro atoms. The van der Waals surface area contributed by atoms with E-state index in [2.05, 4.69) is 0 Å². The molecule has 1 fully saturated rings. The molecule has 0 amide bonds. The monoisotopic (exact) mass is 166 g/mol. The molecule has 0 bridgehead atoms. The van der Waals surface area contributed by atoms with Crippen LogP contribution >= 0.6 is 0 Å². The van der Waals surface area contributed by atoms with E-state index in [0.717, 1.165) is 6.42 Å². The number of hydrogen-bond acceptors (Lipinski definition) is 1. The van der Waals surface area contributed by atoms with E-state index in [0.29, 0.717) is 6.42 Å². The van der Waals surface area contributed by atoms with Crippen molar-refractivity contribution in [3.63, 3.8) is 0 Å². The first-order valence-electron chi connectivity index (χ1n) is 3.64. The van der Waals surface area contributed by atoms with E-state index in [1.807, 2.05) is 0 Å². The fourth-order valence-electron chi connectivity index (χ4n) is 1.33. The molecular weight excluding hydrogens is 155 g/mol. The zero-order valence-corrected chi connectivity index (χ0v) is 6.36. The summed E-state index contributed by atoms with van der Waals surface area (Å²) in [5.41, 5.74) is 0. The van der Waals surface area contributed by atoms with Gasteiger partial charge < -0.3 is 0 Å². The van der Waals surface area contributed by atoms with Crippen molar-refractivity contribution >= 4 is 0 Å². The fourth-order valence-corrected chi connectivity index (χ4v) is 1.33. The molecule has 1 aliphatic rings. The Bertz CT molecular complexity index is 132. The van der Waals surface area contributed by atoms with E-state index in [1.54, 1.807) is 6.54 Å². The van der Waals surface area contributed by atoms with Crippen LogP contribution in [0.5, 0.6) is 0 Å². The highest BCUT2D eigenvalue weighted by atomic mass is 19.4. The molecule has 0 N–H and O–H groups in total. The Balaban J connectivity index is 2.55. The van der Waals surface area contributed by atoms with Gasteiger partial charge in [-0.1, -0.05) is 0 Å². The van der Waals surface area contributed by atoms with Crippen molar-refractivity contribution in [2.75, 3.05) is 7.05 Å². The summed E-state index contributed by atoms with van der Waals surface area (Å²) >= 11 is 0. The van der Waals surface area contributed by atoms with E-state index in [-0.39, 0.29) is 6.42 Å². The maximum Gasteiger partial charge on any atom is 0.404 e. The van der Waals surface area contributed by atoms with Crippen molar-refractivity contribution in [1.82, 2.24) is 4.90 Å². The molecule has 0 aromatic carbocycles. The van der Waals surface area contributed by atoms with Crippen LogP contribution in [0, 0.1) is 6.54 Å². The van der Waals surface area contributed by atoms with Gasteiger partial charge in [0.2, 0.25) is 0 Å². The van der Waals surface area contributed by atoms with E-state index in [1.165, 1.54) is 11.9 Å². The minimum Gasteiger partial charge on any atom is -0.291 e. The zero-order valence-electron chi connectivity index (χ0n) is 6.36. The summed E-state index contributed by atoms with van der Waals surface area (Å²) in [5, 5.41) is 0. The van der Waals surface area contributed by atoms with Gasteiger partial charge in [-0.05, 0) is 26.3 Å². The highest BCUT2D eigenvalue weighted by molar-refractivity contribution is 4.85. The smallest absolute Gasteiger partial charge is 0.291 e. The number of likely N-dealkylation sites (tertiary alicyclic amines) is 1. The van der Waals surface area contributed by atoms with Gasteiger partial charge in [0.25, 0.3) is 0 Å². The van der Waals surface area contributed by atoms with Gasteiger partial charge in [-0.25, -0.2) is 0 Å². The molecule has 0 saturated carbocycles. The standard InChI is InChI=1S/C7H11F3N/c1-11-5-3-2-4-6(11)7(8,9)10/h5-6H,2-4H2,1H3. The molecule has 1 nitrogen and oxygen atoms in total. The molecule has 11 heavy (non-hydrogen) atoms. The molecular formula is C7H11F3N. The molecule has 1 saturated heterocycles. The third-order valence-corrected chi connectivity index (χ3v) is 1.97. The van der Waals surface area contributed by atoms with Crippen molar-refractivity contribution in [2.45, 2.75) is 31.5 Å². The van der Waals surface area contributed by atoms with E-state index in [4.69, 9.17) is 0 Å². The van der Waals surface area contributed by atoms with Crippen LogP contribution in [0.3, 0.4) is 0 Å². The van der Waals surface area contributed by atoms with Crippen molar-refractivity contribution < 1.29 is 13.2 Å². The first-order chi connectivity index (χ1) is 5.02. The van der Waals surface area contributed by atoms with Crippen molar-refractivity contribution in [1.29, 1.82) is 0 Å². The van der Waals surface area contributed by atoms with Gasteiger partial charge in [0.15, 0.2) is 0 Å². The van der Waals surface area contributed by atoms with Gasteiger partial charge in [0, 0.05) is 6.54 Å². The molecule has 1 unspecified atom stereocenters. The van der Waals surface area contributed by atoms with Gasteiger partial charge in [0.1, 0.15) is 6.04 Å². The van der Waals surface area contributed by atoms with Crippen LogP contribution in [0.25, 0.3) is 0 Å². The topological polar surface area (TPSA) is 3.24 Å². The fraction of sp³-hybridized carbons (Fsp3) is 0.857. The van der Waals surface area contributed by atoms with Gasteiger partial charge in [-0.2, -0.15) is 13.2 Å². The third-order valence-electron chi connectivity index (χ3n) is 1.97. The maximum absolute atomic E-state index is 12.1. The predicted octanol–water partition coefficient (Wildman–Crippen LogP) is 2.19. The molecule has 0 aliphatic carbocycles. The van der Waals surface area contributed by atoms with Crippen LogP contribution in [-0.2, 0) is 0 Å². The first-order valence-corrected chi connectivity index (χ1v) is 3.64. The lowest BCUT2D eigenvalue weighted by molar-refractivity contribution is -0.182. The number of halogens is 3. The molecule has 1 aliphatic heterocycles. The summed E-state index contributed by atoms with van der Waals surface area (Å²) in [5.74, 6) is 0. The van der Waals surface area contributed by atoms with Crippen LogP contribution in [0.15, 0.2) is 0 Å². The van der Waals surface area contributed by atoms with Gasteiger partial charge >= 0.3 is 6.18 Å². The van der Waals surface area contributed by atoms with Gasteiger partial charge in [-0.3, -0.25) is 4.90 Å². The van der Waals surface area contributed by atoms with Crippen molar-refractivity contribution in [2.24, 2.45) is 0 Å². The van der Waals surface area contributed by atoms with Crippen molar-refractivity contribution in [3.8, 4) is 0 Å². The van der Waals surface area contributed by atoms with Crippen LogP contribution < -0.4 is 0 Å². The first kappa shape index (κ1) is 8.84. The second-order valence-electron chi connectivity index (χ2n) is 2.84. The second-order valence-corrected chi connectivity index (χ2v) is 2.84. The third kappa shape index (κ3) is 2.09. The maximum atomic E-state index is 12.1. The molecule has 1 atom stereocenters. The van der Waals surface area contributed by atoms with Crippen LogP contribution in [0.2, 0.25) is 0 Å². The minimum atomic E-state index is -4.06. The minimum absolute atomic E-state index is 0.233. The van der Waals surface area contributed by atoms with E-state index in [9.17, 15) is 13.2 Å². The number of piperidine rings is 1. The zero-order chi connectivity index (χ0) is 8.48. The quantitative estimate of drug-likeness (QED) is 0.533. The Morgan fingerprint density at radius 1 is 1.45 bits per heavy atom. The second kappa shape index (κ2) is 3.01. The summed E-state index contributed by atoms with van der Waals surface area (Å²) < 4.78 is 36.4. The summed E-state index contributed by atoms with van der Waals surface area (Å²) in [4.78, 5) is 1.27. The lowest BCUT2D eigenvalue weighted by Gasteiger charge is -2.33. The molecule has 0 aromatic heterocycles. The Kier molecular flexibility index (Phi) is 2.42. The summed E-state index contributed by atoms with van der Waals surface area (Å²) in [6.45, 7) is 1.61. The van der Waals surface area contributed by atoms with Gasteiger partial charge in [0.05, 0.1) is 0 Å². The molecule has 1 rings (SSSR count). The molecule has 1 heterocycles. The lowest BCUT2D eigenvalue weighted by Crippen LogP contribution is -2.44. The number of alkyl halides is 3. The molecule has 1 radical (unpaired) electrons. The highest BCUT2D eigenvalue weighted by Crippen LogP contribution is 2.31. The summed E-state index contributed by atoms with van der Waals surface area (Å²) in [6, 6.07) is -1.25. The Morgan fingerprint density at radius 2 is 2.09 bits per heavy atom. The number of hydrogen-bond donors (Lipinski definition) is 0. The van der Waals surface area contributed by atoms with Gasteiger partial charge in [-0.15, -0.1) is 0 Å². The van der Waals surface area contributed by atoms with E-state index < -0.39 is 12.2 Å². The molecule has 4 heteroatoms. The Morgan fingerprint density at radius 3 is 2.45 bits per heavy atom. The normalized spacial score (nSPS) is 28.9. The summed E-state index contributed by atoms with van der Waals surface area (Å²) in [7, 11) is 1.48.